The fourth-order valence-electron chi connectivity index (χ4n) is 4.01. The van der Waals surface area contributed by atoms with E-state index in [-0.39, 0.29) is 36.3 Å². The number of likely N-dealkylation sites (tertiary alicyclic amines) is 2. The highest BCUT2D eigenvalue weighted by Crippen LogP contribution is 2.39. The number of carbonyl (C=O) groups excluding carboxylic acids is 2. The van der Waals surface area contributed by atoms with Crippen molar-refractivity contribution in [3.63, 3.8) is 0 Å². The molecule has 2 aliphatic heterocycles. The molecule has 0 aliphatic carbocycles. The van der Waals surface area contributed by atoms with Gasteiger partial charge in [0, 0.05) is 25.2 Å². The van der Waals surface area contributed by atoms with Crippen LogP contribution in [-0.2, 0) is 4.79 Å². The molecule has 2 amide bonds. The Morgan fingerprint density at radius 2 is 2.04 bits per heavy atom. The van der Waals surface area contributed by atoms with Crippen molar-refractivity contribution in [3.8, 4) is 5.75 Å². The van der Waals surface area contributed by atoms with E-state index in [0.717, 1.165) is 18.9 Å². The summed E-state index contributed by atoms with van der Waals surface area (Å²) in [6.07, 6.45) is 2.74. The number of amides is 2. The fraction of sp³-hybridized carbons (Fsp3) is 0.556. The quantitative estimate of drug-likeness (QED) is 0.892. The molecule has 0 radical (unpaired) electrons. The molecular formula is C18H23FN2O4. The summed E-state index contributed by atoms with van der Waals surface area (Å²) < 4.78 is 18.9. The van der Waals surface area contributed by atoms with Crippen LogP contribution in [0, 0.1) is 5.82 Å². The Morgan fingerprint density at radius 1 is 1.32 bits per heavy atom. The number of hydrogen-bond donors (Lipinski definition) is 1. The molecule has 2 saturated heterocycles. The number of ether oxygens (including phenoxy) is 1. The smallest absolute Gasteiger partial charge is 0.254 e. The zero-order valence-corrected chi connectivity index (χ0v) is 14.3. The molecule has 1 spiro atoms. The monoisotopic (exact) mass is 350 g/mol. The second kappa shape index (κ2) is 7.00. The second-order valence-electron chi connectivity index (χ2n) is 6.56. The molecule has 3 rings (SSSR count). The average Bonchev–Trinajstić information content (AvgIpc) is 3.03. The van der Waals surface area contributed by atoms with E-state index < -0.39 is 11.4 Å². The van der Waals surface area contributed by atoms with Gasteiger partial charge in [-0.05, 0) is 43.9 Å². The molecule has 2 fully saturated rings. The summed E-state index contributed by atoms with van der Waals surface area (Å²) >= 11 is 0. The number of aliphatic hydroxyl groups is 1. The van der Waals surface area contributed by atoms with Gasteiger partial charge in [-0.2, -0.15) is 0 Å². The molecule has 1 N–H and O–H groups in total. The lowest BCUT2D eigenvalue weighted by atomic mass is 9.85. The van der Waals surface area contributed by atoms with Gasteiger partial charge in [-0.3, -0.25) is 9.59 Å². The minimum absolute atomic E-state index is 0.0792. The van der Waals surface area contributed by atoms with Crippen LogP contribution in [-0.4, -0.2) is 65.6 Å². The Balaban J connectivity index is 1.89. The molecule has 2 aliphatic rings. The van der Waals surface area contributed by atoms with Gasteiger partial charge in [0.1, 0.15) is 5.54 Å². The zero-order valence-electron chi connectivity index (χ0n) is 14.3. The second-order valence-corrected chi connectivity index (χ2v) is 6.56. The van der Waals surface area contributed by atoms with Crippen molar-refractivity contribution < 1.29 is 23.8 Å². The molecule has 2 heterocycles. The average molecular weight is 350 g/mol. The maximum Gasteiger partial charge on any atom is 0.254 e. The molecule has 7 heteroatoms. The Morgan fingerprint density at radius 3 is 2.68 bits per heavy atom. The summed E-state index contributed by atoms with van der Waals surface area (Å²) in [4.78, 5) is 29.2. The van der Waals surface area contributed by atoms with Crippen LogP contribution in [0.25, 0.3) is 0 Å². The van der Waals surface area contributed by atoms with Gasteiger partial charge in [-0.15, -0.1) is 0 Å². The first kappa shape index (κ1) is 17.7. The van der Waals surface area contributed by atoms with E-state index >= 15 is 0 Å². The first-order valence-electron chi connectivity index (χ1n) is 8.59. The summed E-state index contributed by atoms with van der Waals surface area (Å²) in [5, 5.41) is 9.17. The molecule has 136 valence electrons. The van der Waals surface area contributed by atoms with Gasteiger partial charge in [0.25, 0.3) is 5.91 Å². The van der Waals surface area contributed by atoms with Crippen molar-refractivity contribution >= 4 is 11.8 Å². The number of methoxy groups -OCH3 is 1. The van der Waals surface area contributed by atoms with Crippen molar-refractivity contribution in [1.82, 2.24) is 9.80 Å². The van der Waals surface area contributed by atoms with E-state index in [9.17, 15) is 19.1 Å². The zero-order chi connectivity index (χ0) is 18.0. The van der Waals surface area contributed by atoms with Crippen molar-refractivity contribution in [2.24, 2.45) is 0 Å². The predicted molar refractivity (Wildman–Crippen MR) is 88.9 cm³/mol. The van der Waals surface area contributed by atoms with Gasteiger partial charge in [0.15, 0.2) is 11.6 Å². The molecule has 0 aromatic heterocycles. The minimum atomic E-state index is -0.860. The molecule has 25 heavy (non-hydrogen) atoms. The van der Waals surface area contributed by atoms with Gasteiger partial charge in [0.05, 0.1) is 13.7 Å². The van der Waals surface area contributed by atoms with Gasteiger partial charge < -0.3 is 19.6 Å². The van der Waals surface area contributed by atoms with Crippen LogP contribution in [0.5, 0.6) is 5.75 Å². The number of nitrogens with zero attached hydrogens (tertiary/aromatic N) is 2. The molecule has 1 unspecified atom stereocenters. The highest BCUT2D eigenvalue weighted by molar-refractivity contribution is 6.00. The third-order valence-electron chi connectivity index (χ3n) is 5.21. The van der Waals surface area contributed by atoms with E-state index in [2.05, 4.69) is 0 Å². The van der Waals surface area contributed by atoms with E-state index in [1.54, 1.807) is 9.80 Å². The van der Waals surface area contributed by atoms with Crippen LogP contribution in [0.15, 0.2) is 18.2 Å². The maximum atomic E-state index is 14.0. The van der Waals surface area contributed by atoms with Crippen molar-refractivity contribution in [3.05, 3.63) is 29.6 Å². The lowest BCUT2D eigenvalue weighted by molar-refractivity contribution is -0.146. The summed E-state index contributed by atoms with van der Waals surface area (Å²) in [7, 11) is 1.37. The Hall–Kier alpha value is -2.15. The maximum absolute atomic E-state index is 14.0. The summed E-state index contributed by atoms with van der Waals surface area (Å²) in [6.45, 7) is 1.25. The van der Waals surface area contributed by atoms with Gasteiger partial charge in [0.2, 0.25) is 5.91 Å². The first-order valence-corrected chi connectivity index (χ1v) is 8.59. The van der Waals surface area contributed by atoms with E-state index in [1.165, 1.54) is 19.2 Å². The summed E-state index contributed by atoms with van der Waals surface area (Å²) in [5.74, 6) is -0.958. The number of hydrogen-bond acceptors (Lipinski definition) is 4. The highest BCUT2D eigenvalue weighted by atomic mass is 19.1. The molecule has 1 aromatic carbocycles. The molecule has 1 aromatic rings. The lowest BCUT2D eigenvalue weighted by Crippen LogP contribution is -2.61. The van der Waals surface area contributed by atoms with Gasteiger partial charge in [-0.1, -0.05) is 0 Å². The topological polar surface area (TPSA) is 70.1 Å². The minimum Gasteiger partial charge on any atom is -0.494 e. The molecular weight excluding hydrogens is 327 g/mol. The summed E-state index contributed by atoms with van der Waals surface area (Å²) in [5.41, 5.74) is -0.646. The number of carbonyl (C=O) groups is 2. The van der Waals surface area contributed by atoms with Crippen LogP contribution < -0.4 is 4.74 Å². The third-order valence-corrected chi connectivity index (χ3v) is 5.21. The van der Waals surface area contributed by atoms with Crippen LogP contribution >= 0.6 is 0 Å². The predicted octanol–water partition coefficient (Wildman–Crippen LogP) is 1.42. The Bertz CT molecular complexity index is 679. The standard InChI is InChI=1S/C18H23FN2O4/c1-25-15-5-4-13(12-14(15)19)16(23)21-9-3-7-18(21)6-2-8-20(10-11-22)17(18)24/h4-5,12,22H,2-3,6-11H2,1H3. The third kappa shape index (κ3) is 2.97. The number of aliphatic hydroxyl groups excluding tert-OH is 1. The van der Waals surface area contributed by atoms with Crippen molar-refractivity contribution in [2.45, 2.75) is 31.2 Å². The van der Waals surface area contributed by atoms with Crippen molar-refractivity contribution in [1.29, 1.82) is 0 Å². The normalized spacial score (nSPS) is 23.4. The van der Waals surface area contributed by atoms with Crippen LogP contribution in [0.3, 0.4) is 0 Å². The van der Waals surface area contributed by atoms with Gasteiger partial charge in [-0.25, -0.2) is 4.39 Å². The number of halogens is 1. The van der Waals surface area contributed by atoms with E-state index in [1.807, 2.05) is 0 Å². The van der Waals surface area contributed by atoms with Crippen LogP contribution in [0.4, 0.5) is 4.39 Å². The molecule has 1 atom stereocenters. The van der Waals surface area contributed by atoms with Crippen molar-refractivity contribution in [2.75, 3.05) is 33.4 Å². The molecule has 0 saturated carbocycles. The Kier molecular flexibility index (Phi) is 4.94. The largest absolute Gasteiger partial charge is 0.494 e. The first-order chi connectivity index (χ1) is 12.0. The number of β-amino-alcohol motifs (C(OH)–C–C–N with tert-alkyl or cyclic N) is 1. The number of benzene rings is 1. The Labute approximate surface area is 146 Å². The molecule has 0 bridgehead atoms. The van der Waals surface area contributed by atoms with Crippen LogP contribution in [0.1, 0.15) is 36.0 Å². The number of rotatable bonds is 4. The van der Waals surface area contributed by atoms with Gasteiger partial charge >= 0.3 is 0 Å². The number of piperidine rings is 1. The summed E-state index contributed by atoms with van der Waals surface area (Å²) in [6, 6.07) is 4.10. The van der Waals surface area contributed by atoms with Crippen LogP contribution in [0.2, 0.25) is 0 Å². The SMILES string of the molecule is COc1ccc(C(=O)N2CCCC23CCCN(CCO)C3=O)cc1F. The van der Waals surface area contributed by atoms with E-state index in [4.69, 9.17) is 4.74 Å². The van der Waals surface area contributed by atoms with E-state index in [0.29, 0.717) is 25.9 Å². The molecule has 6 nitrogen and oxygen atoms in total. The lowest BCUT2D eigenvalue weighted by Gasteiger charge is -2.44. The highest BCUT2D eigenvalue weighted by Gasteiger charge is 2.52. The fourth-order valence-corrected chi connectivity index (χ4v) is 4.01.